The van der Waals surface area contributed by atoms with Crippen LogP contribution in [0.3, 0.4) is 0 Å². The average molecular weight is 278 g/mol. The van der Waals surface area contributed by atoms with Crippen molar-refractivity contribution in [1.82, 2.24) is 4.57 Å². The highest BCUT2D eigenvalue weighted by Crippen LogP contribution is 2.18. The maximum atomic E-state index is 11.1. The quantitative estimate of drug-likeness (QED) is 0.860. The van der Waals surface area contributed by atoms with E-state index >= 15 is 0 Å². The maximum Gasteiger partial charge on any atom is 0.352 e. The first-order valence-corrected chi connectivity index (χ1v) is 6.73. The zero-order valence-corrected chi connectivity index (χ0v) is 11.2. The number of nitriles is 1. The largest absolute Gasteiger partial charge is 0.477 e. The van der Waals surface area contributed by atoms with E-state index in [-0.39, 0.29) is 24.5 Å². The van der Waals surface area contributed by atoms with Crippen LogP contribution in [0, 0.1) is 11.3 Å². The fourth-order valence-corrected chi connectivity index (χ4v) is 2.28. The summed E-state index contributed by atoms with van der Waals surface area (Å²) in [7, 11) is 0. The normalized spacial score (nSPS) is 20.2. The van der Waals surface area contributed by atoms with Gasteiger partial charge in [-0.2, -0.15) is 5.26 Å². The summed E-state index contributed by atoms with van der Waals surface area (Å²) in [5.74, 6) is -0.986. The van der Waals surface area contributed by atoms with Gasteiger partial charge in [0.25, 0.3) is 0 Å². The number of rotatable bonds is 6. The zero-order valence-electron chi connectivity index (χ0n) is 11.2. The molecule has 1 N–H and O–H groups in total. The fourth-order valence-electron chi connectivity index (χ4n) is 2.28. The molecule has 1 aromatic rings. The predicted molar refractivity (Wildman–Crippen MR) is 70.1 cm³/mol. The second-order valence-electron chi connectivity index (χ2n) is 4.77. The van der Waals surface area contributed by atoms with Crippen LogP contribution in [-0.2, 0) is 16.0 Å². The molecular formula is C14H18N2O4. The van der Waals surface area contributed by atoms with Crippen molar-refractivity contribution in [1.29, 1.82) is 5.26 Å². The highest BCUT2D eigenvalue weighted by atomic mass is 16.7. The first kappa shape index (κ1) is 14.6. The van der Waals surface area contributed by atoms with Gasteiger partial charge in [-0.1, -0.05) is 0 Å². The number of aromatic nitrogens is 1. The Hall–Kier alpha value is -1.84. The molecule has 2 unspecified atom stereocenters. The minimum atomic E-state index is -0.986. The molecule has 1 saturated heterocycles. The molecule has 0 saturated carbocycles. The van der Waals surface area contributed by atoms with E-state index in [0.717, 1.165) is 19.3 Å². The van der Waals surface area contributed by atoms with Crippen molar-refractivity contribution in [3.05, 3.63) is 24.0 Å². The minimum Gasteiger partial charge on any atom is -0.477 e. The van der Waals surface area contributed by atoms with E-state index in [1.807, 2.05) is 0 Å². The van der Waals surface area contributed by atoms with Crippen molar-refractivity contribution < 1.29 is 19.4 Å². The summed E-state index contributed by atoms with van der Waals surface area (Å²) in [6.45, 7) is 1.01. The first-order valence-electron chi connectivity index (χ1n) is 6.73. The lowest BCUT2D eigenvalue weighted by Crippen LogP contribution is -2.31. The van der Waals surface area contributed by atoms with Crippen molar-refractivity contribution >= 4 is 5.97 Å². The molecule has 108 valence electrons. The van der Waals surface area contributed by atoms with Crippen LogP contribution in [0.25, 0.3) is 0 Å². The second kappa shape index (κ2) is 7.08. The smallest absolute Gasteiger partial charge is 0.352 e. The molecule has 1 aliphatic heterocycles. The third-order valence-electron chi connectivity index (χ3n) is 3.25. The van der Waals surface area contributed by atoms with Crippen molar-refractivity contribution in [2.45, 2.75) is 44.6 Å². The number of carboxylic acids is 1. The number of ether oxygens (including phenoxy) is 2. The summed E-state index contributed by atoms with van der Waals surface area (Å²) in [4.78, 5) is 11.1. The van der Waals surface area contributed by atoms with Gasteiger partial charge in [0.2, 0.25) is 0 Å². The fraction of sp³-hybridized carbons (Fsp3) is 0.571. The SMILES string of the molecule is N#CCC(Cn1cccc1C(=O)O)OC1CCCCO1. The standard InChI is InChI=1S/C14H18N2O4/c15-7-6-11(20-13-5-1-2-9-19-13)10-16-8-3-4-12(16)14(17)18/h3-4,8,11,13H,1-2,5-6,9-10H2,(H,17,18). The third kappa shape index (κ3) is 3.83. The van der Waals surface area contributed by atoms with Crippen molar-refractivity contribution in [3.63, 3.8) is 0 Å². The molecule has 2 heterocycles. The van der Waals surface area contributed by atoms with E-state index in [1.165, 1.54) is 6.07 Å². The van der Waals surface area contributed by atoms with Crippen LogP contribution in [0.2, 0.25) is 0 Å². The molecule has 6 nitrogen and oxygen atoms in total. The van der Waals surface area contributed by atoms with Gasteiger partial charge in [-0.3, -0.25) is 0 Å². The number of aromatic carboxylic acids is 1. The number of nitrogens with zero attached hydrogens (tertiary/aromatic N) is 2. The maximum absolute atomic E-state index is 11.1. The summed E-state index contributed by atoms with van der Waals surface area (Å²) in [5, 5.41) is 17.9. The average Bonchev–Trinajstić information content (AvgIpc) is 2.88. The summed E-state index contributed by atoms with van der Waals surface area (Å²) in [6.07, 6.45) is 4.13. The lowest BCUT2D eigenvalue weighted by molar-refractivity contribution is -0.189. The highest BCUT2D eigenvalue weighted by Gasteiger charge is 2.21. The topological polar surface area (TPSA) is 84.5 Å². The Morgan fingerprint density at radius 2 is 2.50 bits per heavy atom. The molecule has 1 aromatic heterocycles. The minimum absolute atomic E-state index is 0.195. The third-order valence-corrected chi connectivity index (χ3v) is 3.25. The summed E-state index contributed by atoms with van der Waals surface area (Å²) >= 11 is 0. The Morgan fingerprint density at radius 1 is 1.65 bits per heavy atom. The van der Waals surface area contributed by atoms with Gasteiger partial charge in [-0.05, 0) is 31.4 Å². The van der Waals surface area contributed by atoms with E-state index < -0.39 is 5.97 Å². The van der Waals surface area contributed by atoms with Gasteiger partial charge in [0.05, 0.1) is 25.1 Å². The van der Waals surface area contributed by atoms with E-state index in [0.29, 0.717) is 13.2 Å². The summed E-state index contributed by atoms with van der Waals surface area (Å²) in [5.41, 5.74) is 0.195. The Balaban J connectivity index is 1.99. The Labute approximate surface area is 117 Å². The summed E-state index contributed by atoms with van der Waals surface area (Å²) in [6, 6.07) is 5.28. The second-order valence-corrected chi connectivity index (χ2v) is 4.77. The molecule has 0 spiro atoms. The van der Waals surface area contributed by atoms with Crippen LogP contribution >= 0.6 is 0 Å². The number of hydrogen-bond donors (Lipinski definition) is 1. The number of carbonyl (C=O) groups is 1. The molecule has 0 aromatic carbocycles. The van der Waals surface area contributed by atoms with Crippen molar-refractivity contribution in [3.8, 4) is 6.07 Å². The van der Waals surface area contributed by atoms with Crippen LogP contribution in [0.1, 0.15) is 36.2 Å². The van der Waals surface area contributed by atoms with Gasteiger partial charge in [0.1, 0.15) is 5.69 Å². The van der Waals surface area contributed by atoms with Gasteiger partial charge in [0, 0.05) is 12.8 Å². The molecule has 0 amide bonds. The molecule has 1 aliphatic rings. The van der Waals surface area contributed by atoms with Gasteiger partial charge in [0.15, 0.2) is 6.29 Å². The van der Waals surface area contributed by atoms with Crippen LogP contribution in [-0.4, -0.2) is 34.6 Å². The Morgan fingerprint density at radius 3 is 3.15 bits per heavy atom. The molecular weight excluding hydrogens is 260 g/mol. The molecule has 20 heavy (non-hydrogen) atoms. The molecule has 2 atom stereocenters. The molecule has 6 heteroatoms. The van der Waals surface area contributed by atoms with E-state index in [1.54, 1.807) is 16.8 Å². The Kier molecular flexibility index (Phi) is 5.16. The molecule has 0 bridgehead atoms. The van der Waals surface area contributed by atoms with Gasteiger partial charge in [-0.15, -0.1) is 0 Å². The van der Waals surface area contributed by atoms with Crippen molar-refractivity contribution in [2.24, 2.45) is 0 Å². The van der Waals surface area contributed by atoms with Gasteiger partial charge in [-0.25, -0.2) is 4.79 Å². The summed E-state index contributed by atoms with van der Waals surface area (Å²) < 4.78 is 12.9. The molecule has 1 fully saturated rings. The van der Waals surface area contributed by atoms with Gasteiger partial charge < -0.3 is 19.1 Å². The van der Waals surface area contributed by atoms with Gasteiger partial charge >= 0.3 is 5.97 Å². The lowest BCUT2D eigenvalue weighted by atomic mass is 10.2. The van der Waals surface area contributed by atoms with Crippen molar-refractivity contribution in [2.75, 3.05) is 6.61 Å². The molecule has 2 rings (SSSR count). The van der Waals surface area contributed by atoms with E-state index in [9.17, 15) is 4.79 Å². The first-order chi connectivity index (χ1) is 9.70. The number of carboxylic acid groups (broad SMARTS) is 1. The van der Waals surface area contributed by atoms with Crippen LogP contribution in [0.15, 0.2) is 18.3 Å². The highest BCUT2D eigenvalue weighted by molar-refractivity contribution is 5.85. The van der Waals surface area contributed by atoms with Crippen LogP contribution < -0.4 is 0 Å². The van der Waals surface area contributed by atoms with E-state index in [2.05, 4.69) is 6.07 Å². The van der Waals surface area contributed by atoms with Crippen LogP contribution in [0.5, 0.6) is 0 Å². The zero-order chi connectivity index (χ0) is 14.4. The monoisotopic (exact) mass is 278 g/mol. The molecule has 0 radical (unpaired) electrons. The predicted octanol–water partition coefficient (Wildman–Crippen LogP) is 2.01. The van der Waals surface area contributed by atoms with Crippen LogP contribution in [0.4, 0.5) is 0 Å². The Bertz CT molecular complexity index is 486. The molecule has 0 aliphatic carbocycles. The number of hydrogen-bond acceptors (Lipinski definition) is 4. The lowest BCUT2D eigenvalue weighted by Gasteiger charge is -2.27. The van der Waals surface area contributed by atoms with E-state index in [4.69, 9.17) is 19.8 Å².